The molecule has 0 fully saturated rings. The van der Waals surface area contributed by atoms with E-state index in [0.29, 0.717) is 44.0 Å². The lowest BCUT2D eigenvalue weighted by atomic mass is 10.3. The highest BCUT2D eigenvalue weighted by Crippen LogP contribution is 2.32. The lowest BCUT2D eigenvalue weighted by Crippen LogP contribution is -2.16. The third-order valence-electron chi connectivity index (χ3n) is 2.82. The second-order valence-corrected chi connectivity index (χ2v) is 6.35. The van der Waals surface area contributed by atoms with Crippen LogP contribution in [-0.2, 0) is 9.84 Å². The normalized spacial score (nSPS) is 13.8. The van der Waals surface area contributed by atoms with E-state index in [4.69, 9.17) is 14.7 Å². The standard InChI is InChI=1S/C13H15NO4S/c14-6-2-1-3-9-19(15,16)11-4-5-12-13(10-11)18-8-7-17-12/h4-5,10H,1-3,7-9H2. The van der Waals surface area contributed by atoms with Crippen LogP contribution in [0.3, 0.4) is 0 Å². The van der Waals surface area contributed by atoms with Crippen molar-refractivity contribution < 1.29 is 17.9 Å². The van der Waals surface area contributed by atoms with Gasteiger partial charge >= 0.3 is 0 Å². The number of benzene rings is 1. The molecule has 1 heterocycles. The zero-order valence-electron chi connectivity index (χ0n) is 10.5. The Bertz CT molecular complexity index is 589. The second-order valence-electron chi connectivity index (χ2n) is 4.24. The van der Waals surface area contributed by atoms with Crippen molar-refractivity contribution >= 4 is 9.84 Å². The summed E-state index contributed by atoms with van der Waals surface area (Å²) < 4.78 is 34.9. The third-order valence-corrected chi connectivity index (χ3v) is 4.62. The number of unbranched alkanes of at least 4 members (excludes halogenated alkanes) is 2. The van der Waals surface area contributed by atoms with Gasteiger partial charge in [0.2, 0.25) is 0 Å². The van der Waals surface area contributed by atoms with Gasteiger partial charge in [0.1, 0.15) is 13.2 Å². The summed E-state index contributed by atoms with van der Waals surface area (Å²) in [5, 5.41) is 8.42. The van der Waals surface area contributed by atoms with Crippen molar-refractivity contribution in [2.45, 2.75) is 24.2 Å². The van der Waals surface area contributed by atoms with Crippen molar-refractivity contribution in [3.05, 3.63) is 18.2 Å². The van der Waals surface area contributed by atoms with Crippen LogP contribution in [-0.4, -0.2) is 27.4 Å². The van der Waals surface area contributed by atoms with E-state index in [2.05, 4.69) is 0 Å². The molecule has 102 valence electrons. The predicted octanol–water partition coefficient (Wildman–Crippen LogP) is 1.93. The Hall–Kier alpha value is -1.74. The lowest BCUT2D eigenvalue weighted by Gasteiger charge is -2.18. The molecule has 0 amide bonds. The van der Waals surface area contributed by atoms with Gasteiger partial charge in [-0.3, -0.25) is 0 Å². The van der Waals surface area contributed by atoms with Gasteiger partial charge in [-0.25, -0.2) is 8.42 Å². The summed E-state index contributed by atoms with van der Waals surface area (Å²) in [5.74, 6) is 1.10. The van der Waals surface area contributed by atoms with Crippen molar-refractivity contribution in [2.75, 3.05) is 19.0 Å². The molecule has 5 nitrogen and oxygen atoms in total. The van der Waals surface area contributed by atoms with Gasteiger partial charge in [-0.05, 0) is 25.0 Å². The third kappa shape index (κ3) is 3.38. The van der Waals surface area contributed by atoms with Crippen LogP contribution in [0.2, 0.25) is 0 Å². The molecule has 0 saturated carbocycles. The van der Waals surface area contributed by atoms with Gasteiger partial charge in [0, 0.05) is 12.5 Å². The Labute approximate surface area is 112 Å². The van der Waals surface area contributed by atoms with Crippen LogP contribution in [0.15, 0.2) is 23.1 Å². The lowest BCUT2D eigenvalue weighted by molar-refractivity contribution is 0.171. The first-order valence-electron chi connectivity index (χ1n) is 6.13. The van der Waals surface area contributed by atoms with Crippen molar-refractivity contribution in [1.82, 2.24) is 0 Å². The molecule has 0 radical (unpaired) electrons. The molecule has 0 aliphatic carbocycles. The summed E-state index contributed by atoms with van der Waals surface area (Å²) in [6.45, 7) is 0.909. The Morgan fingerprint density at radius 2 is 1.89 bits per heavy atom. The molecule has 0 saturated heterocycles. The fraction of sp³-hybridized carbons (Fsp3) is 0.462. The molecule has 1 aromatic rings. The molecule has 0 N–H and O–H groups in total. The van der Waals surface area contributed by atoms with E-state index < -0.39 is 9.84 Å². The maximum absolute atomic E-state index is 12.1. The van der Waals surface area contributed by atoms with Crippen LogP contribution in [0.4, 0.5) is 0 Å². The monoisotopic (exact) mass is 281 g/mol. The summed E-state index contributed by atoms with van der Waals surface area (Å²) in [5.41, 5.74) is 0. The molecule has 0 spiro atoms. The van der Waals surface area contributed by atoms with E-state index in [0.717, 1.165) is 0 Å². The average molecular weight is 281 g/mol. The first-order chi connectivity index (χ1) is 9.13. The quantitative estimate of drug-likeness (QED) is 0.771. The van der Waals surface area contributed by atoms with Crippen molar-refractivity contribution in [2.24, 2.45) is 0 Å². The van der Waals surface area contributed by atoms with Gasteiger partial charge in [0.15, 0.2) is 21.3 Å². The van der Waals surface area contributed by atoms with Crippen LogP contribution in [0.5, 0.6) is 11.5 Å². The largest absolute Gasteiger partial charge is 0.486 e. The zero-order valence-corrected chi connectivity index (χ0v) is 11.3. The molecule has 2 rings (SSSR count). The Morgan fingerprint density at radius 1 is 1.16 bits per heavy atom. The van der Waals surface area contributed by atoms with Crippen LogP contribution >= 0.6 is 0 Å². The Morgan fingerprint density at radius 3 is 2.63 bits per heavy atom. The van der Waals surface area contributed by atoms with Gasteiger partial charge in [-0.15, -0.1) is 0 Å². The number of rotatable bonds is 5. The first kappa shape index (κ1) is 13.7. The van der Waals surface area contributed by atoms with Crippen molar-refractivity contribution in [3.63, 3.8) is 0 Å². The summed E-state index contributed by atoms with van der Waals surface area (Å²) in [4.78, 5) is 0.244. The van der Waals surface area contributed by atoms with Gasteiger partial charge in [-0.2, -0.15) is 5.26 Å². The number of nitrogens with zero attached hydrogens (tertiary/aromatic N) is 1. The molecule has 0 bridgehead atoms. The number of nitriles is 1. The highest BCUT2D eigenvalue weighted by molar-refractivity contribution is 7.91. The van der Waals surface area contributed by atoms with E-state index in [1.54, 1.807) is 6.07 Å². The number of sulfone groups is 1. The SMILES string of the molecule is N#CCCCCS(=O)(=O)c1ccc2c(c1)OCCO2. The molecule has 1 aromatic carbocycles. The molecule has 1 aliphatic rings. The van der Waals surface area contributed by atoms with Gasteiger partial charge in [0.25, 0.3) is 0 Å². The number of fused-ring (bicyclic) bond motifs is 1. The molecular formula is C13H15NO4S. The van der Waals surface area contributed by atoms with Gasteiger partial charge < -0.3 is 9.47 Å². The average Bonchev–Trinajstić information content (AvgIpc) is 2.43. The zero-order chi connectivity index (χ0) is 13.7. The van der Waals surface area contributed by atoms with Crippen molar-refractivity contribution in [1.29, 1.82) is 5.26 Å². The Balaban J connectivity index is 2.10. The minimum Gasteiger partial charge on any atom is -0.486 e. The smallest absolute Gasteiger partial charge is 0.178 e. The predicted molar refractivity (Wildman–Crippen MR) is 68.9 cm³/mol. The fourth-order valence-electron chi connectivity index (χ4n) is 1.83. The molecule has 0 aromatic heterocycles. The minimum atomic E-state index is -3.32. The van der Waals surface area contributed by atoms with Crippen molar-refractivity contribution in [3.8, 4) is 17.6 Å². The number of hydrogen-bond acceptors (Lipinski definition) is 5. The molecule has 0 unspecified atom stereocenters. The first-order valence-corrected chi connectivity index (χ1v) is 7.78. The summed E-state index contributed by atoms with van der Waals surface area (Å²) in [7, 11) is -3.32. The molecular weight excluding hydrogens is 266 g/mol. The summed E-state index contributed by atoms with van der Waals surface area (Å²) in [6, 6.07) is 6.67. The van der Waals surface area contributed by atoms with Crippen LogP contribution in [0.25, 0.3) is 0 Å². The highest BCUT2D eigenvalue weighted by atomic mass is 32.2. The topological polar surface area (TPSA) is 76.4 Å². The maximum Gasteiger partial charge on any atom is 0.178 e. The van der Waals surface area contributed by atoms with Gasteiger partial charge in [0.05, 0.1) is 16.7 Å². The summed E-state index contributed by atoms with van der Waals surface area (Å²) >= 11 is 0. The fourth-order valence-corrected chi connectivity index (χ4v) is 3.21. The molecule has 19 heavy (non-hydrogen) atoms. The second kappa shape index (κ2) is 5.93. The highest BCUT2D eigenvalue weighted by Gasteiger charge is 2.19. The van der Waals surface area contributed by atoms with Crippen LogP contribution in [0.1, 0.15) is 19.3 Å². The van der Waals surface area contributed by atoms with E-state index in [9.17, 15) is 8.42 Å². The number of ether oxygens (including phenoxy) is 2. The van der Waals surface area contributed by atoms with E-state index in [-0.39, 0.29) is 10.6 Å². The van der Waals surface area contributed by atoms with E-state index in [1.165, 1.54) is 12.1 Å². The summed E-state index contributed by atoms with van der Waals surface area (Å²) in [6.07, 6.45) is 1.47. The molecule has 0 atom stereocenters. The maximum atomic E-state index is 12.1. The minimum absolute atomic E-state index is 0.0499. The van der Waals surface area contributed by atoms with E-state index in [1.807, 2.05) is 6.07 Å². The number of hydrogen-bond donors (Lipinski definition) is 0. The molecule has 6 heteroatoms. The Kier molecular flexibility index (Phi) is 4.27. The van der Waals surface area contributed by atoms with Crippen LogP contribution < -0.4 is 9.47 Å². The van der Waals surface area contributed by atoms with E-state index >= 15 is 0 Å². The van der Waals surface area contributed by atoms with Gasteiger partial charge in [-0.1, -0.05) is 0 Å². The molecule has 1 aliphatic heterocycles. The van der Waals surface area contributed by atoms with Crippen LogP contribution in [0, 0.1) is 11.3 Å².